The molecule has 1 aliphatic heterocycles. The van der Waals surface area contributed by atoms with Crippen molar-refractivity contribution in [3.05, 3.63) is 29.8 Å². The van der Waals surface area contributed by atoms with Crippen LogP contribution in [0.25, 0.3) is 0 Å². The summed E-state index contributed by atoms with van der Waals surface area (Å²) < 4.78 is 0. The summed E-state index contributed by atoms with van der Waals surface area (Å²) in [6.07, 6.45) is 0.690. The van der Waals surface area contributed by atoms with E-state index < -0.39 is 0 Å². The largest absolute Gasteiger partial charge is 0.389 e. The predicted molar refractivity (Wildman–Crippen MR) is 49.6 cm³/mol. The summed E-state index contributed by atoms with van der Waals surface area (Å²) >= 11 is 0. The first kappa shape index (κ1) is 8.26. The van der Waals surface area contributed by atoms with Gasteiger partial charge in [-0.1, -0.05) is 18.2 Å². The van der Waals surface area contributed by atoms with E-state index in [-0.39, 0.29) is 18.4 Å². The van der Waals surface area contributed by atoms with Crippen LogP contribution in [0.5, 0.6) is 0 Å². The lowest BCUT2D eigenvalue weighted by Gasteiger charge is -2.06. The number of aliphatic hydroxyl groups is 1. The van der Waals surface area contributed by atoms with Crippen LogP contribution in [-0.4, -0.2) is 23.5 Å². The number of ketones is 1. The minimum Gasteiger partial charge on any atom is -0.389 e. The molecule has 0 aromatic heterocycles. The molecular weight excluding hydrogens is 166 g/mol. The van der Waals surface area contributed by atoms with Gasteiger partial charge in [0.05, 0.1) is 6.04 Å². The van der Waals surface area contributed by atoms with E-state index in [1.807, 2.05) is 24.3 Å². The Balaban J connectivity index is 2.18. The van der Waals surface area contributed by atoms with E-state index in [1.165, 1.54) is 0 Å². The highest BCUT2D eigenvalue weighted by atomic mass is 16.3. The van der Waals surface area contributed by atoms with E-state index in [9.17, 15) is 4.79 Å². The molecule has 0 fully saturated rings. The fourth-order valence-electron chi connectivity index (χ4n) is 1.60. The van der Waals surface area contributed by atoms with Crippen molar-refractivity contribution in [3.63, 3.8) is 0 Å². The van der Waals surface area contributed by atoms with E-state index in [0.29, 0.717) is 6.42 Å². The lowest BCUT2D eigenvalue weighted by molar-refractivity contribution is -0.122. The van der Waals surface area contributed by atoms with Crippen LogP contribution in [0.15, 0.2) is 24.3 Å². The normalized spacial score (nSPS) is 19.3. The molecule has 2 rings (SSSR count). The fourth-order valence-corrected chi connectivity index (χ4v) is 1.60. The zero-order valence-corrected chi connectivity index (χ0v) is 7.16. The van der Waals surface area contributed by atoms with Gasteiger partial charge in [0.2, 0.25) is 0 Å². The average molecular weight is 177 g/mol. The van der Waals surface area contributed by atoms with Gasteiger partial charge in [0, 0.05) is 12.1 Å². The van der Waals surface area contributed by atoms with Crippen molar-refractivity contribution in [1.29, 1.82) is 0 Å². The predicted octanol–water partition coefficient (Wildman–Crippen LogP) is 0.585. The van der Waals surface area contributed by atoms with Crippen molar-refractivity contribution in [2.45, 2.75) is 12.5 Å². The molecule has 0 spiro atoms. The highest BCUT2D eigenvalue weighted by Gasteiger charge is 2.24. The topological polar surface area (TPSA) is 49.3 Å². The number of benzene rings is 1. The zero-order chi connectivity index (χ0) is 9.26. The molecule has 1 aliphatic rings. The molecule has 2 N–H and O–H groups in total. The first-order chi connectivity index (χ1) is 6.31. The van der Waals surface area contributed by atoms with Crippen molar-refractivity contribution in [2.24, 2.45) is 0 Å². The first-order valence-corrected chi connectivity index (χ1v) is 4.29. The monoisotopic (exact) mass is 177 g/mol. The highest BCUT2D eigenvalue weighted by molar-refractivity contribution is 5.89. The minimum absolute atomic E-state index is 0.142. The summed E-state index contributed by atoms with van der Waals surface area (Å²) in [6.45, 7) is -0.383. The van der Waals surface area contributed by atoms with Gasteiger partial charge in [-0.3, -0.25) is 4.79 Å². The molecule has 1 aromatic rings. The van der Waals surface area contributed by atoms with Gasteiger partial charge in [-0.2, -0.15) is 0 Å². The van der Waals surface area contributed by atoms with Crippen molar-refractivity contribution in [1.82, 2.24) is 0 Å². The van der Waals surface area contributed by atoms with Crippen LogP contribution in [-0.2, 0) is 11.2 Å². The standard InChI is InChI=1S/C10H11NO2/c12-6-10(13)9-5-7-3-1-2-4-8(7)11-9/h1-4,9,11-12H,5-6H2. The fraction of sp³-hybridized carbons (Fsp3) is 0.300. The molecule has 3 heteroatoms. The maximum Gasteiger partial charge on any atom is 0.180 e. The molecule has 0 saturated carbocycles. The molecular formula is C10H11NO2. The van der Waals surface area contributed by atoms with Crippen LogP contribution in [0.1, 0.15) is 5.56 Å². The number of rotatable bonds is 2. The third-order valence-electron chi connectivity index (χ3n) is 2.32. The number of anilines is 1. The Morgan fingerprint density at radius 3 is 3.00 bits per heavy atom. The second-order valence-electron chi connectivity index (χ2n) is 3.18. The molecule has 0 radical (unpaired) electrons. The van der Waals surface area contributed by atoms with Crippen LogP contribution in [0.3, 0.4) is 0 Å². The molecule has 1 aromatic carbocycles. The lowest BCUT2D eigenvalue weighted by Crippen LogP contribution is -2.29. The van der Waals surface area contributed by atoms with Gasteiger partial charge < -0.3 is 10.4 Å². The smallest absolute Gasteiger partial charge is 0.180 e. The van der Waals surface area contributed by atoms with Gasteiger partial charge in [-0.05, 0) is 11.6 Å². The Bertz CT molecular complexity index is 310. The number of carbonyl (C=O) groups is 1. The summed E-state index contributed by atoms with van der Waals surface area (Å²) in [5, 5.41) is 11.8. The molecule has 1 heterocycles. The molecule has 68 valence electrons. The number of hydrogen-bond donors (Lipinski definition) is 2. The lowest BCUT2D eigenvalue weighted by atomic mass is 10.1. The van der Waals surface area contributed by atoms with Crippen LogP contribution in [0.4, 0.5) is 5.69 Å². The summed E-state index contributed by atoms with van der Waals surface area (Å²) in [5.74, 6) is -0.142. The Morgan fingerprint density at radius 2 is 2.31 bits per heavy atom. The number of nitrogens with one attached hydrogen (secondary N) is 1. The van der Waals surface area contributed by atoms with Crippen molar-refractivity contribution < 1.29 is 9.90 Å². The van der Waals surface area contributed by atoms with E-state index >= 15 is 0 Å². The summed E-state index contributed by atoms with van der Waals surface area (Å²) in [4.78, 5) is 11.2. The Morgan fingerprint density at radius 1 is 1.54 bits per heavy atom. The number of hydrogen-bond acceptors (Lipinski definition) is 3. The van der Waals surface area contributed by atoms with E-state index in [2.05, 4.69) is 5.32 Å². The van der Waals surface area contributed by atoms with Crippen LogP contribution >= 0.6 is 0 Å². The molecule has 13 heavy (non-hydrogen) atoms. The quantitative estimate of drug-likeness (QED) is 0.695. The van der Waals surface area contributed by atoms with E-state index in [1.54, 1.807) is 0 Å². The maximum atomic E-state index is 11.2. The molecule has 0 aliphatic carbocycles. The maximum absolute atomic E-state index is 11.2. The van der Waals surface area contributed by atoms with Gasteiger partial charge in [0.15, 0.2) is 5.78 Å². The molecule has 0 bridgehead atoms. The summed E-state index contributed by atoms with van der Waals surface area (Å²) in [5.41, 5.74) is 2.16. The van der Waals surface area contributed by atoms with Crippen LogP contribution < -0.4 is 5.32 Å². The third-order valence-corrected chi connectivity index (χ3v) is 2.32. The minimum atomic E-state index is -0.383. The van der Waals surface area contributed by atoms with Crippen LogP contribution in [0, 0.1) is 0 Å². The Kier molecular flexibility index (Phi) is 2.02. The highest BCUT2D eigenvalue weighted by Crippen LogP contribution is 2.25. The van der Waals surface area contributed by atoms with Gasteiger partial charge >= 0.3 is 0 Å². The van der Waals surface area contributed by atoms with Gasteiger partial charge in [0.25, 0.3) is 0 Å². The zero-order valence-electron chi connectivity index (χ0n) is 7.16. The van der Waals surface area contributed by atoms with Crippen LogP contribution in [0.2, 0.25) is 0 Å². The molecule has 0 saturated heterocycles. The van der Waals surface area contributed by atoms with Gasteiger partial charge in [-0.15, -0.1) is 0 Å². The van der Waals surface area contributed by atoms with Gasteiger partial charge in [0.1, 0.15) is 6.61 Å². The first-order valence-electron chi connectivity index (χ1n) is 4.29. The number of Topliss-reactive ketones (excluding diaryl/α,β-unsaturated/α-hetero) is 1. The second kappa shape index (κ2) is 3.18. The van der Waals surface area contributed by atoms with E-state index in [4.69, 9.17) is 5.11 Å². The second-order valence-corrected chi connectivity index (χ2v) is 3.18. The average Bonchev–Trinajstić information content (AvgIpc) is 2.59. The van der Waals surface area contributed by atoms with Crippen molar-refractivity contribution in [2.75, 3.05) is 11.9 Å². The number of carbonyl (C=O) groups excluding carboxylic acids is 1. The summed E-state index contributed by atoms with van der Waals surface area (Å²) in [7, 11) is 0. The van der Waals surface area contributed by atoms with Crippen molar-refractivity contribution >= 4 is 11.5 Å². The summed E-state index contributed by atoms with van der Waals surface area (Å²) in [6, 6.07) is 7.58. The number of aliphatic hydroxyl groups excluding tert-OH is 1. The Hall–Kier alpha value is -1.35. The molecule has 3 nitrogen and oxygen atoms in total. The SMILES string of the molecule is O=C(CO)C1Cc2ccccc2N1. The molecule has 0 amide bonds. The molecule has 1 atom stereocenters. The molecule has 1 unspecified atom stereocenters. The number of fused-ring (bicyclic) bond motifs is 1. The van der Waals surface area contributed by atoms with Gasteiger partial charge in [-0.25, -0.2) is 0 Å². The van der Waals surface area contributed by atoms with E-state index in [0.717, 1.165) is 11.3 Å². The Labute approximate surface area is 76.4 Å². The van der Waals surface area contributed by atoms with Crippen molar-refractivity contribution in [3.8, 4) is 0 Å². The number of para-hydroxylation sites is 1. The third kappa shape index (κ3) is 1.42.